The second-order valence-electron chi connectivity index (χ2n) is 6.98. The normalized spacial score (nSPS) is 12.4. The Morgan fingerprint density at radius 3 is 2.17 bits per heavy atom. The van der Waals surface area contributed by atoms with Gasteiger partial charge in [0, 0.05) is 25.3 Å². The van der Waals surface area contributed by atoms with E-state index in [0.717, 1.165) is 24.7 Å². The number of thioether (sulfide) groups is 1. The number of carboxylic acid groups (broad SMARTS) is 1. The molecule has 1 unspecified atom stereocenters. The van der Waals surface area contributed by atoms with Gasteiger partial charge in [0.1, 0.15) is 0 Å². The second-order valence-corrected chi connectivity index (χ2v) is 8.17. The average Bonchev–Trinajstić information content (AvgIpc) is 2.71. The third-order valence-corrected chi connectivity index (χ3v) is 5.29. The zero-order valence-corrected chi connectivity index (χ0v) is 18.1. The van der Waals surface area contributed by atoms with Crippen molar-refractivity contribution in [2.24, 2.45) is 5.92 Å². The van der Waals surface area contributed by atoms with Gasteiger partial charge >= 0.3 is 5.97 Å². The minimum Gasteiger partial charge on any atom is -0.481 e. The Morgan fingerprint density at radius 1 is 1.03 bits per heavy atom. The molecule has 0 aliphatic carbocycles. The molecular formula is C23H31NO4S. The summed E-state index contributed by atoms with van der Waals surface area (Å²) < 4.78 is 0. The van der Waals surface area contributed by atoms with Crippen LogP contribution in [-0.2, 0) is 22.6 Å². The Bertz CT molecular complexity index is 734. The molecule has 0 spiro atoms. The summed E-state index contributed by atoms with van der Waals surface area (Å²) in [6, 6.07) is 18.8. The number of aryl methyl sites for hydroxylation is 1. The number of hydrogen-bond acceptors (Lipinski definition) is 5. The molecule has 158 valence electrons. The summed E-state index contributed by atoms with van der Waals surface area (Å²) in [5.41, 5.74) is 3.77. The molecule has 2 aromatic carbocycles. The number of nitrogens with one attached hydrogen (secondary N) is 1. The summed E-state index contributed by atoms with van der Waals surface area (Å²) in [4.78, 5) is 20.5. The summed E-state index contributed by atoms with van der Waals surface area (Å²) >= 11 is 1.05. The molecule has 5 nitrogen and oxygen atoms in total. The molecule has 6 heteroatoms. The van der Waals surface area contributed by atoms with Crippen molar-refractivity contribution in [1.82, 2.24) is 5.32 Å². The summed E-state index contributed by atoms with van der Waals surface area (Å²) in [7, 11) is 0. The number of carboxylic acids is 1. The minimum atomic E-state index is -0.853. The van der Waals surface area contributed by atoms with Crippen molar-refractivity contribution in [3.8, 4) is 0 Å². The number of carbonyl (C=O) groups is 2. The van der Waals surface area contributed by atoms with Gasteiger partial charge in [-0.3, -0.25) is 9.59 Å². The maximum absolute atomic E-state index is 10.3. The third-order valence-electron chi connectivity index (χ3n) is 4.22. The molecule has 0 saturated carbocycles. The predicted molar refractivity (Wildman–Crippen MR) is 119 cm³/mol. The van der Waals surface area contributed by atoms with Crippen LogP contribution in [0.1, 0.15) is 30.5 Å². The van der Waals surface area contributed by atoms with Gasteiger partial charge in [-0.1, -0.05) is 78.8 Å². The van der Waals surface area contributed by atoms with Crippen LogP contribution in [-0.4, -0.2) is 39.7 Å². The SMILES string of the molecule is CC(=O)SCC(C)C(=O)O.Cc1ccc(CN[C@H](CO)Cc2ccccc2)cc1. The highest BCUT2D eigenvalue weighted by atomic mass is 32.2. The first kappa shape index (κ1) is 24.9. The Balaban J connectivity index is 0.000000359. The van der Waals surface area contributed by atoms with Gasteiger partial charge in [-0.05, 0) is 24.5 Å². The maximum atomic E-state index is 10.3. The lowest BCUT2D eigenvalue weighted by Gasteiger charge is -2.16. The van der Waals surface area contributed by atoms with Gasteiger partial charge < -0.3 is 15.5 Å². The summed E-state index contributed by atoms with van der Waals surface area (Å²) in [6.07, 6.45) is 0.850. The van der Waals surface area contributed by atoms with Crippen molar-refractivity contribution in [3.05, 3.63) is 71.3 Å². The van der Waals surface area contributed by atoms with E-state index in [1.807, 2.05) is 18.2 Å². The molecule has 2 aromatic rings. The first-order chi connectivity index (χ1) is 13.8. The molecule has 0 bridgehead atoms. The molecule has 0 saturated heterocycles. The van der Waals surface area contributed by atoms with Crippen LogP contribution >= 0.6 is 11.8 Å². The molecular weight excluding hydrogens is 386 g/mol. The topological polar surface area (TPSA) is 86.6 Å². The fraction of sp³-hybridized carbons (Fsp3) is 0.391. The van der Waals surface area contributed by atoms with Crippen LogP contribution < -0.4 is 5.32 Å². The van der Waals surface area contributed by atoms with Gasteiger partial charge in [-0.2, -0.15) is 0 Å². The first-order valence-electron chi connectivity index (χ1n) is 9.61. The fourth-order valence-electron chi connectivity index (χ4n) is 2.38. The van der Waals surface area contributed by atoms with Crippen LogP contribution in [0.4, 0.5) is 0 Å². The quantitative estimate of drug-likeness (QED) is 0.577. The zero-order valence-electron chi connectivity index (χ0n) is 17.3. The van der Waals surface area contributed by atoms with Gasteiger partial charge in [-0.15, -0.1) is 0 Å². The number of rotatable bonds is 9. The standard InChI is InChI=1S/C17H21NO.C6H10O3S/c1-14-7-9-16(10-8-14)12-18-17(13-19)11-15-5-3-2-4-6-15;1-4(6(8)9)3-10-5(2)7/h2-10,17-19H,11-13H2,1H3;4H,3H2,1-2H3,(H,8,9)/t17-;/m0./s1. The van der Waals surface area contributed by atoms with Crippen LogP contribution in [0.3, 0.4) is 0 Å². The zero-order chi connectivity index (χ0) is 21.6. The Kier molecular flexibility index (Phi) is 12.0. The molecule has 3 N–H and O–H groups in total. The molecule has 0 heterocycles. The van der Waals surface area contributed by atoms with Crippen LogP contribution in [0.15, 0.2) is 54.6 Å². The van der Waals surface area contributed by atoms with Crippen LogP contribution in [0.25, 0.3) is 0 Å². The van der Waals surface area contributed by atoms with Crippen molar-refractivity contribution >= 4 is 22.8 Å². The number of aliphatic carboxylic acids is 1. The molecule has 0 aromatic heterocycles. The third kappa shape index (κ3) is 11.4. The first-order valence-corrected chi connectivity index (χ1v) is 10.6. The number of benzene rings is 2. The summed E-state index contributed by atoms with van der Waals surface area (Å²) in [5.74, 6) is -0.923. The van der Waals surface area contributed by atoms with Gasteiger partial charge in [-0.25, -0.2) is 0 Å². The fourth-order valence-corrected chi connectivity index (χ4v) is 3.01. The predicted octanol–water partition coefficient (Wildman–Crippen LogP) is 3.68. The van der Waals surface area contributed by atoms with Crippen molar-refractivity contribution in [1.29, 1.82) is 0 Å². The molecule has 2 rings (SSSR count). The Hall–Kier alpha value is -2.15. The molecule has 29 heavy (non-hydrogen) atoms. The monoisotopic (exact) mass is 417 g/mol. The van der Waals surface area contributed by atoms with E-state index in [2.05, 4.69) is 48.6 Å². The number of aliphatic hydroxyl groups excluding tert-OH is 1. The number of hydrogen-bond donors (Lipinski definition) is 3. The van der Waals surface area contributed by atoms with E-state index in [-0.39, 0.29) is 17.8 Å². The van der Waals surface area contributed by atoms with Crippen molar-refractivity contribution in [3.63, 3.8) is 0 Å². The van der Waals surface area contributed by atoms with Crippen molar-refractivity contribution in [2.75, 3.05) is 12.4 Å². The van der Waals surface area contributed by atoms with Crippen LogP contribution in [0.2, 0.25) is 0 Å². The van der Waals surface area contributed by atoms with Crippen LogP contribution in [0.5, 0.6) is 0 Å². The van der Waals surface area contributed by atoms with Gasteiger partial charge in [0.2, 0.25) is 0 Å². The largest absolute Gasteiger partial charge is 0.481 e. The smallest absolute Gasteiger partial charge is 0.307 e. The number of carbonyl (C=O) groups excluding carboxylic acids is 1. The summed E-state index contributed by atoms with van der Waals surface area (Å²) in [5, 5.41) is 21.2. The molecule has 0 aliphatic heterocycles. The van der Waals surface area contributed by atoms with E-state index in [1.54, 1.807) is 6.92 Å². The van der Waals surface area contributed by atoms with Gasteiger partial charge in [0.25, 0.3) is 0 Å². The molecule has 2 atom stereocenters. The lowest BCUT2D eigenvalue weighted by Crippen LogP contribution is -2.34. The van der Waals surface area contributed by atoms with Gasteiger partial charge in [0.15, 0.2) is 5.12 Å². The van der Waals surface area contributed by atoms with E-state index in [9.17, 15) is 14.7 Å². The Morgan fingerprint density at radius 2 is 1.66 bits per heavy atom. The van der Waals surface area contributed by atoms with E-state index in [4.69, 9.17) is 5.11 Å². The second kappa shape index (κ2) is 13.9. The lowest BCUT2D eigenvalue weighted by molar-refractivity contribution is -0.140. The molecule has 0 fully saturated rings. The van der Waals surface area contributed by atoms with Crippen molar-refractivity contribution in [2.45, 2.75) is 39.8 Å². The highest BCUT2D eigenvalue weighted by Crippen LogP contribution is 2.08. The molecule has 0 aliphatic rings. The summed E-state index contributed by atoms with van der Waals surface area (Å²) in [6.45, 7) is 6.04. The average molecular weight is 418 g/mol. The molecule has 0 radical (unpaired) electrons. The lowest BCUT2D eigenvalue weighted by atomic mass is 10.1. The number of aliphatic hydroxyl groups is 1. The van der Waals surface area contributed by atoms with E-state index in [0.29, 0.717) is 5.75 Å². The highest BCUT2D eigenvalue weighted by molar-refractivity contribution is 8.13. The van der Waals surface area contributed by atoms with Gasteiger partial charge in [0.05, 0.1) is 12.5 Å². The highest BCUT2D eigenvalue weighted by Gasteiger charge is 2.11. The van der Waals surface area contributed by atoms with E-state index in [1.165, 1.54) is 23.6 Å². The van der Waals surface area contributed by atoms with E-state index < -0.39 is 11.9 Å². The Labute approximate surface area is 177 Å². The maximum Gasteiger partial charge on any atom is 0.307 e. The minimum absolute atomic E-state index is 0.0342. The van der Waals surface area contributed by atoms with Crippen LogP contribution in [0, 0.1) is 12.8 Å². The van der Waals surface area contributed by atoms with Crippen molar-refractivity contribution < 1.29 is 19.8 Å². The molecule has 0 amide bonds. The van der Waals surface area contributed by atoms with E-state index >= 15 is 0 Å².